The van der Waals surface area contributed by atoms with E-state index in [1.165, 1.54) is 36.8 Å². The van der Waals surface area contributed by atoms with Gasteiger partial charge in [-0.1, -0.05) is 0 Å². The van der Waals surface area contributed by atoms with Gasteiger partial charge in [0.25, 0.3) is 0 Å². The SMILES string of the molecule is [CH3][Ti]([CH3])([C]1=CC=CC1)(=[C]1CCC1)[CH]1c2ccccc2-c2ccccc21. The van der Waals surface area contributed by atoms with Gasteiger partial charge in [0, 0.05) is 0 Å². The van der Waals surface area contributed by atoms with Crippen LogP contribution in [0.1, 0.15) is 41.0 Å². The van der Waals surface area contributed by atoms with Crippen molar-refractivity contribution in [3.63, 3.8) is 0 Å². The summed E-state index contributed by atoms with van der Waals surface area (Å²) in [6, 6.07) is 18.4. The van der Waals surface area contributed by atoms with Gasteiger partial charge in [-0.25, -0.2) is 0 Å². The second-order valence-electron chi connectivity index (χ2n) is 8.88. The van der Waals surface area contributed by atoms with E-state index in [9.17, 15) is 0 Å². The van der Waals surface area contributed by atoms with Crippen LogP contribution in [0.25, 0.3) is 11.1 Å². The molecule has 0 spiro atoms. The standard InChI is InChI=1S/C13H9.C5H5.C4H6.2CH3.Ti/c1-3-7-12-10(5-1)9-11-6-2-4-8-13(11)12;1-2-4-5-3-1;1-2-4-3-1;;;/h1-9H;1-3H,4H2;1-3H2;2*1H3;. The molecular weight excluding hydrogens is 336 g/mol. The van der Waals surface area contributed by atoms with Crippen LogP contribution < -0.4 is 0 Å². The summed E-state index contributed by atoms with van der Waals surface area (Å²) in [5, 5.41) is 5.46. The molecular formula is C24H26Ti. The Kier molecular flexibility index (Phi) is 3.31. The van der Waals surface area contributed by atoms with Crippen LogP contribution in [0.2, 0.25) is 10.5 Å². The first kappa shape index (κ1) is 15.7. The molecule has 2 aromatic rings. The van der Waals surface area contributed by atoms with Gasteiger partial charge in [0.15, 0.2) is 0 Å². The Labute approximate surface area is 151 Å². The normalized spacial score (nSPS) is 19.5. The topological polar surface area (TPSA) is 0 Å². The van der Waals surface area contributed by atoms with Crippen LogP contribution in [0.15, 0.2) is 70.6 Å². The molecule has 3 aliphatic rings. The first-order chi connectivity index (χ1) is 12.1. The van der Waals surface area contributed by atoms with Crippen LogP contribution >= 0.6 is 0 Å². The number of benzene rings is 2. The third-order valence-electron chi connectivity index (χ3n) is 7.50. The summed E-state index contributed by atoms with van der Waals surface area (Å²) in [5.41, 5.74) is 6.15. The number of hydrogen-bond donors (Lipinski definition) is 0. The van der Waals surface area contributed by atoms with Crippen molar-refractivity contribution in [2.45, 2.75) is 40.4 Å². The second kappa shape index (κ2) is 5.25. The molecule has 126 valence electrons. The van der Waals surface area contributed by atoms with Crippen molar-refractivity contribution in [1.82, 2.24) is 0 Å². The molecule has 0 bridgehead atoms. The van der Waals surface area contributed by atoms with Crippen molar-refractivity contribution >= 4 is 3.81 Å². The maximum absolute atomic E-state index is 3.06. The zero-order chi connectivity index (χ0) is 17.1. The Hall–Kier alpha value is -1.50. The molecule has 0 heterocycles. The molecule has 0 saturated heterocycles. The van der Waals surface area contributed by atoms with E-state index in [0.717, 1.165) is 0 Å². The third kappa shape index (κ3) is 1.96. The van der Waals surface area contributed by atoms with Gasteiger partial charge in [0.2, 0.25) is 0 Å². The third-order valence-corrected chi connectivity index (χ3v) is 19.0. The van der Waals surface area contributed by atoms with E-state index < -0.39 is 14.8 Å². The Bertz CT molecular complexity index is 958. The van der Waals surface area contributed by atoms with Crippen LogP contribution in [-0.2, 0) is 14.8 Å². The van der Waals surface area contributed by atoms with Gasteiger partial charge < -0.3 is 0 Å². The summed E-state index contributed by atoms with van der Waals surface area (Å²) in [4.78, 5) is 0. The zero-order valence-corrected chi connectivity index (χ0v) is 16.8. The zero-order valence-electron chi connectivity index (χ0n) is 15.3. The molecule has 0 N–H and O–H groups in total. The fourth-order valence-corrected chi connectivity index (χ4v) is 16.5. The molecule has 1 heteroatoms. The summed E-state index contributed by atoms with van der Waals surface area (Å²) in [7, 11) is 0. The molecule has 2 aromatic carbocycles. The van der Waals surface area contributed by atoms with Crippen LogP contribution in [-0.4, -0.2) is 3.81 Å². The van der Waals surface area contributed by atoms with Gasteiger partial charge in [-0.15, -0.1) is 0 Å². The summed E-state index contributed by atoms with van der Waals surface area (Å²) < 4.78 is 4.32. The molecule has 3 aliphatic carbocycles. The molecule has 0 radical (unpaired) electrons. The summed E-state index contributed by atoms with van der Waals surface area (Å²) in [5.74, 6) is 0. The van der Waals surface area contributed by atoms with Gasteiger partial charge in [-0.05, 0) is 0 Å². The van der Waals surface area contributed by atoms with Crippen molar-refractivity contribution < 1.29 is 14.8 Å². The predicted octanol–water partition coefficient (Wildman–Crippen LogP) is 6.74. The fraction of sp³-hybridized carbons (Fsp3) is 0.292. The quantitative estimate of drug-likeness (QED) is 0.519. The number of fused-ring (bicyclic) bond motifs is 3. The summed E-state index contributed by atoms with van der Waals surface area (Å²) in [6.45, 7) is 0. The van der Waals surface area contributed by atoms with Crippen LogP contribution in [0.4, 0.5) is 0 Å². The van der Waals surface area contributed by atoms with Crippen molar-refractivity contribution in [1.29, 1.82) is 0 Å². The number of allylic oxidation sites excluding steroid dienone is 4. The van der Waals surface area contributed by atoms with E-state index in [0.29, 0.717) is 4.22 Å². The van der Waals surface area contributed by atoms with Crippen LogP contribution in [0.3, 0.4) is 0 Å². The van der Waals surface area contributed by atoms with Crippen LogP contribution in [0, 0.1) is 0 Å². The molecule has 0 unspecified atom stereocenters. The fourth-order valence-electron chi connectivity index (χ4n) is 5.85. The molecule has 0 aliphatic heterocycles. The summed E-state index contributed by atoms with van der Waals surface area (Å²) >= 11 is -3.06. The first-order valence-electron chi connectivity index (χ1n) is 9.69. The Morgan fingerprint density at radius 1 is 0.840 bits per heavy atom. The van der Waals surface area contributed by atoms with Gasteiger partial charge in [0.1, 0.15) is 0 Å². The number of rotatable bonds is 2. The van der Waals surface area contributed by atoms with Gasteiger partial charge in [0.05, 0.1) is 0 Å². The van der Waals surface area contributed by atoms with E-state index >= 15 is 0 Å². The van der Waals surface area contributed by atoms with Gasteiger partial charge >= 0.3 is 152 Å². The molecule has 0 nitrogen and oxygen atoms in total. The minimum atomic E-state index is -3.06. The Morgan fingerprint density at radius 2 is 1.44 bits per heavy atom. The van der Waals surface area contributed by atoms with Crippen molar-refractivity contribution in [3.8, 4) is 11.1 Å². The first-order valence-corrected chi connectivity index (χ1v) is 15.3. The molecule has 0 amide bonds. The summed E-state index contributed by atoms with van der Waals surface area (Å²) in [6.07, 6.45) is 12.5. The average molecular weight is 362 g/mol. The van der Waals surface area contributed by atoms with E-state index in [1.807, 2.05) is 3.81 Å². The van der Waals surface area contributed by atoms with Gasteiger partial charge in [-0.2, -0.15) is 0 Å². The van der Waals surface area contributed by atoms with E-state index in [1.54, 1.807) is 15.0 Å². The van der Waals surface area contributed by atoms with Gasteiger partial charge in [-0.3, -0.25) is 0 Å². The molecule has 0 atom stereocenters. The average Bonchev–Trinajstić information content (AvgIpc) is 3.20. The number of hydrogen-bond acceptors (Lipinski definition) is 0. The molecule has 0 aromatic heterocycles. The molecule has 25 heavy (non-hydrogen) atoms. The molecule has 1 fully saturated rings. The molecule has 5 rings (SSSR count). The van der Waals surface area contributed by atoms with Crippen molar-refractivity contribution in [2.75, 3.05) is 0 Å². The van der Waals surface area contributed by atoms with Crippen LogP contribution in [0.5, 0.6) is 0 Å². The maximum atomic E-state index is 2.73. The Balaban J connectivity index is 1.88. The van der Waals surface area contributed by atoms with E-state index in [-0.39, 0.29) is 0 Å². The minimum absolute atomic E-state index is 0.603. The monoisotopic (exact) mass is 362 g/mol. The Morgan fingerprint density at radius 3 is 1.92 bits per heavy atom. The predicted molar refractivity (Wildman–Crippen MR) is 106 cm³/mol. The van der Waals surface area contributed by atoms with E-state index in [2.05, 4.69) is 77.2 Å². The van der Waals surface area contributed by atoms with Crippen molar-refractivity contribution in [2.24, 2.45) is 0 Å². The molecule has 1 saturated carbocycles. The van der Waals surface area contributed by atoms with E-state index in [4.69, 9.17) is 0 Å². The van der Waals surface area contributed by atoms with Crippen molar-refractivity contribution in [3.05, 3.63) is 81.8 Å². The second-order valence-corrected chi connectivity index (χ2v) is 19.7.